The topological polar surface area (TPSA) is 44.1 Å². The molecule has 2 aromatic rings. The Hall–Kier alpha value is -1.85. The van der Waals surface area contributed by atoms with Gasteiger partial charge in [0.15, 0.2) is 5.78 Å². The maximum absolute atomic E-state index is 12.7. The first-order valence-corrected chi connectivity index (χ1v) is 8.10. The van der Waals surface area contributed by atoms with Crippen molar-refractivity contribution < 1.29 is 9.53 Å². The Morgan fingerprint density at radius 1 is 1.41 bits per heavy atom. The van der Waals surface area contributed by atoms with Gasteiger partial charge in [0.05, 0.1) is 19.3 Å². The molecule has 3 rings (SSSR count). The van der Waals surface area contributed by atoms with Crippen LogP contribution in [-0.2, 0) is 11.3 Å². The highest BCUT2D eigenvalue weighted by molar-refractivity contribution is 8.00. The number of hydrogen-bond acceptors (Lipinski definition) is 4. The molecule has 0 spiro atoms. The molecule has 2 heterocycles. The summed E-state index contributed by atoms with van der Waals surface area (Å²) in [5, 5.41) is 4.43. The van der Waals surface area contributed by atoms with Crippen LogP contribution in [0.5, 0.6) is 0 Å². The van der Waals surface area contributed by atoms with Gasteiger partial charge in [-0.25, -0.2) is 0 Å². The zero-order valence-electron chi connectivity index (χ0n) is 12.7. The molecule has 0 saturated heterocycles. The second-order valence-electron chi connectivity index (χ2n) is 5.21. The number of ketones is 1. The van der Waals surface area contributed by atoms with Crippen molar-refractivity contribution in [3.63, 3.8) is 0 Å². The van der Waals surface area contributed by atoms with Crippen LogP contribution in [0.25, 0.3) is 6.08 Å². The molecule has 5 heteroatoms. The predicted octanol–water partition coefficient (Wildman–Crippen LogP) is 3.29. The Balaban J connectivity index is 1.88. The van der Waals surface area contributed by atoms with Crippen molar-refractivity contribution in [2.45, 2.75) is 23.6 Å². The summed E-state index contributed by atoms with van der Waals surface area (Å²) >= 11 is 1.73. The predicted molar refractivity (Wildman–Crippen MR) is 88.2 cm³/mol. The van der Waals surface area contributed by atoms with Gasteiger partial charge in [-0.15, -0.1) is 11.8 Å². The van der Waals surface area contributed by atoms with Gasteiger partial charge in [0.2, 0.25) is 0 Å². The van der Waals surface area contributed by atoms with Gasteiger partial charge in [0.25, 0.3) is 0 Å². The monoisotopic (exact) mass is 314 g/mol. The first-order chi connectivity index (χ1) is 10.7. The number of carbonyl (C=O) groups is 1. The summed E-state index contributed by atoms with van der Waals surface area (Å²) in [7, 11) is 1.67. The van der Waals surface area contributed by atoms with Crippen LogP contribution in [-0.4, -0.2) is 34.5 Å². The van der Waals surface area contributed by atoms with Crippen molar-refractivity contribution in [1.29, 1.82) is 0 Å². The highest BCUT2D eigenvalue weighted by atomic mass is 32.2. The average molecular weight is 314 g/mol. The first-order valence-electron chi connectivity index (χ1n) is 7.22. The van der Waals surface area contributed by atoms with Gasteiger partial charge in [0, 0.05) is 40.2 Å². The third kappa shape index (κ3) is 3.00. The number of ether oxygens (including phenoxy) is 1. The van der Waals surface area contributed by atoms with Crippen molar-refractivity contribution in [1.82, 2.24) is 9.78 Å². The molecule has 4 nitrogen and oxygen atoms in total. The van der Waals surface area contributed by atoms with Crippen LogP contribution in [0, 0.1) is 0 Å². The SMILES string of the molecule is COCCn1cc(/C=C2\C(=O)c3ccccc3S[C@H]2C)cn1. The second kappa shape index (κ2) is 6.50. The van der Waals surface area contributed by atoms with Crippen molar-refractivity contribution in [2.75, 3.05) is 13.7 Å². The largest absolute Gasteiger partial charge is 0.383 e. The molecule has 0 unspecified atom stereocenters. The molecular weight excluding hydrogens is 296 g/mol. The number of Topliss-reactive ketones (excluding diaryl/α,β-unsaturated/α-hetero) is 1. The fraction of sp³-hybridized carbons (Fsp3) is 0.294. The van der Waals surface area contributed by atoms with Gasteiger partial charge in [-0.2, -0.15) is 5.10 Å². The van der Waals surface area contributed by atoms with Crippen molar-refractivity contribution in [3.05, 3.63) is 53.4 Å². The summed E-state index contributed by atoms with van der Waals surface area (Å²) in [4.78, 5) is 13.7. The molecule has 0 radical (unpaired) electrons. The number of hydrogen-bond donors (Lipinski definition) is 0. The number of aromatic nitrogens is 2. The molecule has 1 aliphatic rings. The summed E-state index contributed by atoms with van der Waals surface area (Å²) in [5.41, 5.74) is 2.57. The zero-order valence-corrected chi connectivity index (χ0v) is 13.5. The molecule has 1 aromatic heterocycles. The van der Waals surface area contributed by atoms with Gasteiger partial charge in [-0.3, -0.25) is 9.48 Å². The number of fused-ring (bicyclic) bond motifs is 1. The fourth-order valence-corrected chi connectivity index (χ4v) is 3.60. The average Bonchev–Trinajstić information content (AvgIpc) is 2.97. The summed E-state index contributed by atoms with van der Waals surface area (Å²) < 4.78 is 6.87. The van der Waals surface area contributed by atoms with E-state index in [9.17, 15) is 4.79 Å². The van der Waals surface area contributed by atoms with E-state index in [0.29, 0.717) is 13.2 Å². The molecule has 0 saturated carbocycles. The van der Waals surface area contributed by atoms with E-state index in [0.717, 1.165) is 21.6 Å². The fourth-order valence-electron chi connectivity index (χ4n) is 2.47. The minimum absolute atomic E-state index is 0.117. The van der Waals surface area contributed by atoms with Crippen LogP contribution >= 0.6 is 11.8 Å². The molecule has 0 aliphatic carbocycles. The van der Waals surface area contributed by atoms with E-state index in [1.807, 2.05) is 41.2 Å². The van der Waals surface area contributed by atoms with E-state index in [1.165, 1.54) is 0 Å². The maximum atomic E-state index is 12.7. The van der Waals surface area contributed by atoms with Gasteiger partial charge in [-0.05, 0) is 25.1 Å². The minimum Gasteiger partial charge on any atom is -0.383 e. The third-order valence-electron chi connectivity index (χ3n) is 3.64. The highest BCUT2D eigenvalue weighted by Gasteiger charge is 2.27. The Morgan fingerprint density at radius 3 is 3.05 bits per heavy atom. The second-order valence-corrected chi connectivity index (χ2v) is 6.60. The lowest BCUT2D eigenvalue weighted by molar-refractivity contribution is 0.102. The van der Waals surface area contributed by atoms with Gasteiger partial charge < -0.3 is 4.74 Å². The smallest absolute Gasteiger partial charge is 0.191 e. The molecule has 22 heavy (non-hydrogen) atoms. The van der Waals surface area contributed by atoms with Gasteiger partial charge in [-0.1, -0.05) is 12.1 Å². The van der Waals surface area contributed by atoms with Gasteiger partial charge in [0.1, 0.15) is 0 Å². The normalized spacial score (nSPS) is 19.5. The van der Waals surface area contributed by atoms with Crippen LogP contribution < -0.4 is 0 Å². The van der Waals surface area contributed by atoms with Crippen LogP contribution in [0.1, 0.15) is 22.8 Å². The number of rotatable bonds is 4. The summed E-state index contributed by atoms with van der Waals surface area (Å²) in [6, 6.07) is 7.79. The van der Waals surface area contributed by atoms with E-state index in [2.05, 4.69) is 12.0 Å². The number of thioether (sulfide) groups is 1. The quantitative estimate of drug-likeness (QED) is 0.812. The Morgan fingerprint density at radius 2 is 2.23 bits per heavy atom. The minimum atomic E-state index is 0.117. The van der Waals surface area contributed by atoms with Crippen molar-refractivity contribution in [2.24, 2.45) is 0 Å². The standard InChI is InChI=1S/C17H18N2O2S/c1-12-15(9-13-10-18-19(11-13)7-8-21-2)17(20)14-5-3-4-6-16(14)22-12/h3-6,9-12H,7-8H2,1-2H3/b15-9-/t12-/m0/s1. The summed E-state index contributed by atoms with van der Waals surface area (Å²) in [6.45, 7) is 3.40. The molecule has 1 aromatic carbocycles. The number of carbonyl (C=O) groups excluding carboxylic acids is 1. The number of nitrogens with zero attached hydrogens (tertiary/aromatic N) is 2. The summed E-state index contributed by atoms with van der Waals surface area (Å²) in [6.07, 6.45) is 5.68. The molecule has 1 atom stereocenters. The molecule has 1 aliphatic heterocycles. The van der Waals surface area contributed by atoms with Crippen molar-refractivity contribution in [3.8, 4) is 0 Å². The Bertz CT molecular complexity index is 721. The van der Waals surface area contributed by atoms with Crippen LogP contribution in [0.3, 0.4) is 0 Å². The lowest BCUT2D eigenvalue weighted by Gasteiger charge is -2.22. The van der Waals surface area contributed by atoms with E-state index in [4.69, 9.17) is 4.74 Å². The lowest BCUT2D eigenvalue weighted by atomic mass is 9.99. The van der Waals surface area contributed by atoms with Crippen molar-refractivity contribution >= 4 is 23.6 Å². The summed E-state index contributed by atoms with van der Waals surface area (Å²) in [5.74, 6) is 0.117. The van der Waals surface area contributed by atoms with Gasteiger partial charge >= 0.3 is 0 Å². The Labute approximate surface area is 134 Å². The zero-order chi connectivity index (χ0) is 15.5. The van der Waals surface area contributed by atoms with E-state index in [-0.39, 0.29) is 11.0 Å². The van der Waals surface area contributed by atoms with E-state index < -0.39 is 0 Å². The van der Waals surface area contributed by atoms with E-state index in [1.54, 1.807) is 25.1 Å². The maximum Gasteiger partial charge on any atom is 0.191 e. The third-order valence-corrected chi connectivity index (χ3v) is 4.85. The molecular formula is C17H18N2O2S. The lowest BCUT2D eigenvalue weighted by Crippen LogP contribution is -2.18. The van der Waals surface area contributed by atoms with Crippen LogP contribution in [0.4, 0.5) is 0 Å². The van der Waals surface area contributed by atoms with E-state index >= 15 is 0 Å². The number of benzene rings is 1. The molecule has 0 bridgehead atoms. The number of methoxy groups -OCH3 is 1. The first kappa shape index (κ1) is 15.1. The Kier molecular flexibility index (Phi) is 4.45. The van der Waals surface area contributed by atoms with Crippen LogP contribution in [0.2, 0.25) is 0 Å². The molecule has 0 amide bonds. The molecule has 0 N–H and O–H groups in total. The highest BCUT2D eigenvalue weighted by Crippen LogP contribution is 2.38. The molecule has 114 valence electrons. The van der Waals surface area contributed by atoms with Crippen LogP contribution in [0.15, 0.2) is 47.1 Å². The molecule has 0 fully saturated rings.